The SMILES string of the molecule is Cn1ccc(C(=O)Cc2ccc(F)c(Cl)c2)n1. The van der Waals surface area contributed by atoms with E-state index in [-0.39, 0.29) is 17.2 Å². The number of nitrogens with zero attached hydrogens (tertiary/aromatic N) is 2. The highest BCUT2D eigenvalue weighted by atomic mass is 35.5. The van der Waals surface area contributed by atoms with E-state index in [1.807, 2.05) is 0 Å². The molecule has 2 aromatic rings. The molecule has 0 N–H and O–H groups in total. The normalized spacial score (nSPS) is 10.5. The van der Waals surface area contributed by atoms with Crippen LogP contribution in [0.25, 0.3) is 0 Å². The predicted molar refractivity (Wildman–Crippen MR) is 62.7 cm³/mol. The number of Topliss-reactive ketones (excluding diaryl/α,β-unsaturated/α-hetero) is 1. The molecule has 0 saturated heterocycles. The van der Waals surface area contributed by atoms with Crippen LogP contribution in [0, 0.1) is 5.82 Å². The predicted octanol–water partition coefficient (Wildman–Crippen LogP) is 2.64. The largest absolute Gasteiger partial charge is 0.292 e. The monoisotopic (exact) mass is 252 g/mol. The molecule has 17 heavy (non-hydrogen) atoms. The number of aromatic nitrogens is 2. The van der Waals surface area contributed by atoms with Crippen molar-refractivity contribution >= 4 is 17.4 Å². The van der Waals surface area contributed by atoms with Gasteiger partial charge in [-0.25, -0.2) is 4.39 Å². The molecule has 0 atom stereocenters. The number of ketones is 1. The number of carbonyl (C=O) groups is 1. The smallest absolute Gasteiger partial charge is 0.187 e. The molecule has 2 rings (SSSR count). The van der Waals surface area contributed by atoms with E-state index in [4.69, 9.17) is 11.6 Å². The van der Waals surface area contributed by atoms with Gasteiger partial charge in [0.05, 0.1) is 5.02 Å². The van der Waals surface area contributed by atoms with Crippen molar-refractivity contribution in [2.24, 2.45) is 7.05 Å². The number of aryl methyl sites for hydroxylation is 1. The molecule has 0 aliphatic carbocycles. The van der Waals surface area contributed by atoms with E-state index in [1.54, 1.807) is 30.1 Å². The molecule has 1 aromatic heterocycles. The molecule has 0 saturated carbocycles. The van der Waals surface area contributed by atoms with Crippen molar-refractivity contribution in [3.05, 3.63) is 52.6 Å². The van der Waals surface area contributed by atoms with Gasteiger partial charge in [0.2, 0.25) is 0 Å². The Morgan fingerprint density at radius 3 is 2.82 bits per heavy atom. The van der Waals surface area contributed by atoms with Gasteiger partial charge in [0.1, 0.15) is 11.5 Å². The average Bonchev–Trinajstić information content (AvgIpc) is 2.70. The topological polar surface area (TPSA) is 34.9 Å². The second kappa shape index (κ2) is 4.67. The van der Waals surface area contributed by atoms with Gasteiger partial charge in [-0.2, -0.15) is 5.10 Å². The van der Waals surface area contributed by atoms with E-state index in [0.29, 0.717) is 11.3 Å². The third kappa shape index (κ3) is 2.71. The zero-order chi connectivity index (χ0) is 12.4. The van der Waals surface area contributed by atoms with Crippen molar-refractivity contribution < 1.29 is 9.18 Å². The second-order valence-corrected chi connectivity index (χ2v) is 4.13. The van der Waals surface area contributed by atoms with Crippen LogP contribution in [-0.4, -0.2) is 15.6 Å². The van der Waals surface area contributed by atoms with Crippen LogP contribution in [0.5, 0.6) is 0 Å². The van der Waals surface area contributed by atoms with Crippen LogP contribution in [0.15, 0.2) is 30.5 Å². The molecule has 0 aliphatic heterocycles. The molecule has 5 heteroatoms. The van der Waals surface area contributed by atoms with Gasteiger partial charge in [-0.05, 0) is 23.8 Å². The van der Waals surface area contributed by atoms with Gasteiger partial charge in [-0.15, -0.1) is 0 Å². The minimum Gasteiger partial charge on any atom is -0.292 e. The molecule has 0 unspecified atom stereocenters. The van der Waals surface area contributed by atoms with Gasteiger partial charge >= 0.3 is 0 Å². The van der Waals surface area contributed by atoms with Gasteiger partial charge in [-0.1, -0.05) is 17.7 Å². The molecular weight excluding hydrogens is 243 g/mol. The first-order valence-electron chi connectivity index (χ1n) is 5.03. The van der Waals surface area contributed by atoms with Crippen molar-refractivity contribution in [3.63, 3.8) is 0 Å². The lowest BCUT2D eigenvalue weighted by atomic mass is 10.1. The summed E-state index contributed by atoms with van der Waals surface area (Å²) in [5.41, 5.74) is 1.07. The van der Waals surface area contributed by atoms with E-state index < -0.39 is 5.82 Å². The first-order chi connectivity index (χ1) is 8.06. The Hall–Kier alpha value is -1.68. The Kier molecular flexibility index (Phi) is 3.24. The quantitative estimate of drug-likeness (QED) is 0.787. The maximum Gasteiger partial charge on any atom is 0.187 e. The molecular formula is C12H10ClFN2O. The fraction of sp³-hybridized carbons (Fsp3) is 0.167. The molecule has 1 heterocycles. The van der Waals surface area contributed by atoms with Gasteiger partial charge in [-0.3, -0.25) is 9.48 Å². The van der Waals surface area contributed by atoms with Crippen LogP contribution < -0.4 is 0 Å². The molecule has 0 fully saturated rings. The van der Waals surface area contributed by atoms with Crippen LogP contribution in [0.4, 0.5) is 4.39 Å². The first-order valence-corrected chi connectivity index (χ1v) is 5.41. The zero-order valence-electron chi connectivity index (χ0n) is 9.15. The summed E-state index contributed by atoms with van der Waals surface area (Å²) >= 11 is 5.64. The van der Waals surface area contributed by atoms with Crippen LogP contribution in [0.3, 0.4) is 0 Å². The Bertz CT molecular complexity index is 565. The van der Waals surface area contributed by atoms with Gasteiger partial charge in [0.15, 0.2) is 5.78 Å². The van der Waals surface area contributed by atoms with E-state index in [9.17, 15) is 9.18 Å². The summed E-state index contributed by atoms with van der Waals surface area (Å²) < 4.78 is 14.5. The third-order valence-electron chi connectivity index (χ3n) is 2.35. The number of halogens is 2. The average molecular weight is 253 g/mol. The van der Waals surface area contributed by atoms with Crippen LogP contribution in [0.2, 0.25) is 5.02 Å². The third-order valence-corrected chi connectivity index (χ3v) is 2.64. The van der Waals surface area contributed by atoms with Gasteiger partial charge < -0.3 is 0 Å². The van der Waals surface area contributed by atoms with E-state index in [2.05, 4.69) is 5.10 Å². The summed E-state index contributed by atoms with van der Waals surface area (Å²) in [4.78, 5) is 11.8. The molecule has 3 nitrogen and oxygen atoms in total. The highest BCUT2D eigenvalue weighted by molar-refractivity contribution is 6.30. The first kappa shape index (κ1) is 11.8. The Balaban J connectivity index is 2.15. The summed E-state index contributed by atoms with van der Waals surface area (Å²) in [5, 5.41) is 4.03. The summed E-state index contributed by atoms with van der Waals surface area (Å²) in [6.07, 6.45) is 1.86. The molecule has 0 radical (unpaired) electrons. The Labute approximate surface area is 103 Å². The van der Waals surface area contributed by atoms with Crippen molar-refractivity contribution in [3.8, 4) is 0 Å². The number of rotatable bonds is 3. The highest BCUT2D eigenvalue weighted by Crippen LogP contribution is 2.17. The maximum absolute atomic E-state index is 12.9. The highest BCUT2D eigenvalue weighted by Gasteiger charge is 2.11. The molecule has 88 valence electrons. The van der Waals surface area contributed by atoms with E-state index >= 15 is 0 Å². The molecule has 1 aromatic carbocycles. The van der Waals surface area contributed by atoms with Crippen LogP contribution in [0.1, 0.15) is 16.1 Å². The minimum absolute atomic E-state index is 0.0244. The van der Waals surface area contributed by atoms with Gasteiger partial charge in [0, 0.05) is 19.7 Å². The number of carbonyl (C=O) groups excluding carboxylic acids is 1. The van der Waals surface area contributed by atoms with E-state index in [1.165, 1.54) is 12.1 Å². The summed E-state index contributed by atoms with van der Waals surface area (Å²) in [6.45, 7) is 0. The van der Waals surface area contributed by atoms with Crippen LogP contribution in [-0.2, 0) is 13.5 Å². The number of hydrogen-bond acceptors (Lipinski definition) is 2. The van der Waals surface area contributed by atoms with Crippen molar-refractivity contribution in [1.29, 1.82) is 0 Å². The fourth-order valence-corrected chi connectivity index (χ4v) is 1.69. The Morgan fingerprint density at radius 2 is 2.24 bits per heavy atom. The summed E-state index contributed by atoms with van der Waals surface area (Å²) in [7, 11) is 1.74. The molecule has 0 amide bonds. The zero-order valence-corrected chi connectivity index (χ0v) is 9.91. The van der Waals surface area contributed by atoms with Crippen molar-refractivity contribution in [1.82, 2.24) is 9.78 Å². The standard InChI is InChI=1S/C12H10ClFN2O/c1-16-5-4-11(15-16)12(17)7-8-2-3-10(14)9(13)6-8/h2-6H,7H2,1H3. The molecule has 0 aliphatic rings. The maximum atomic E-state index is 12.9. The minimum atomic E-state index is -0.485. The van der Waals surface area contributed by atoms with Crippen molar-refractivity contribution in [2.75, 3.05) is 0 Å². The fourth-order valence-electron chi connectivity index (χ4n) is 1.49. The lowest BCUT2D eigenvalue weighted by molar-refractivity contribution is 0.0987. The summed E-state index contributed by atoms with van der Waals surface area (Å²) in [5.74, 6) is -0.603. The summed E-state index contributed by atoms with van der Waals surface area (Å²) in [6, 6.07) is 5.90. The number of hydrogen-bond donors (Lipinski definition) is 0. The van der Waals surface area contributed by atoms with Gasteiger partial charge in [0.25, 0.3) is 0 Å². The van der Waals surface area contributed by atoms with E-state index in [0.717, 1.165) is 0 Å². The molecule has 0 spiro atoms. The Morgan fingerprint density at radius 1 is 1.47 bits per heavy atom. The van der Waals surface area contributed by atoms with Crippen LogP contribution >= 0.6 is 11.6 Å². The lowest BCUT2D eigenvalue weighted by Crippen LogP contribution is -2.05. The second-order valence-electron chi connectivity index (χ2n) is 3.72. The molecule has 0 bridgehead atoms. The lowest BCUT2D eigenvalue weighted by Gasteiger charge is -2.00. The number of benzene rings is 1. The van der Waals surface area contributed by atoms with Crippen molar-refractivity contribution in [2.45, 2.75) is 6.42 Å².